The number of aromatic nitrogens is 2. The van der Waals surface area contributed by atoms with Gasteiger partial charge in [0.05, 0.1) is 5.33 Å². The van der Waals surface area contributed by atoms with E-state index < -0.39 is 5.78 Å². The van der Waals surface area contributed by atoms with Gasteiger partial charge in [0, 0.05) is 17.7 Å². The molecule has 3 aromatic rings. The van der Waals surface area contributed by atoms with E-state index in [1.54, 1.807) is 48.5 Å². The summed E-state index contributed by atoms with van der Waals surface area (Å²) in [5.74, 6) is -0.472. The van der Waals surface area contributed by atoms with Gasteiger partial charge in [-0.25, -0.2) is 0 Å². The van der Waals surface area contributed by atoms with Crippen LogP contribution in [-0.4, -0.2) is 5.78 Å². The second-order valence-electron chi connectivity index (χ2n) is 4.70. The third kappa shape index (κ3) is 2.21. The zero-order valence-electron chi connectivity index (χ0n) is 11.4. The molecule has 22 heavy (non-hydrogen) atoms. The van der Waals surface area contributed by atoms with Crippen molar-refractivity contribution in [2.45, 2.75) is 5.33 Å². The van der Waals surface area contributed by atoms with Gasteiger partial charge in [0.15, 0.2) is 0 Å². The molecular weight excluding hydrogens is 348 g/mol. The van der Waals surface area contributed by atoms with Gasteiger partial charge < -0.3 is 10.4 Å². The highest BCUT2D eigenvalue weighted by molar-refractivity contribution is 9.08. The van der Waals surface area contributed by atoms with Gasteiger partial charge in [-0.2, -0.15) is 9.46 Å². The van der Waals surface area contributed by atoms with E-state index >= 15 is 0 Å². The topological polar surface area (TPSA) is 71.0 Å². The fourth-order valence-corrected chi connectivity index (χ4v) is 2.85. The van der Waals surface area contributed by atoms with Crippen molar-refractivity contribution in [3.8, 4) is 0 Å². The molecule has 0 amide bonds. The molecule has 6 heteroatoms. The Hall–Kier alpha value is -2.47. The Bertz CT molecular complexity index is 866. The SMILES string of the molecule is O=C(c1ccccc1)c1c(CBr)[n+]([O-])c2ccccc2[n+]1[O-]. The Morgan fingerprint density at radius 2 is 1.45 bits per heavy atom. The highest BCUT2D eigenvalue weighted by Gasteiger charge is 2.33. The molecule has 2 aromatic carbocycles. The fourth-order valence-electron chi connectivity index (χ4n) is 2.35. The van der Waals surface area contributed by atoms with Crippen LogP contribution in [0.2, 0.25) is 0 Å². The van der Waals surface area contributed by atoms with Crippen molar-refractivity contribution in [1.29, 1.82) is 0 Å². The molecule has 0 unspecified atom stereocenters. The number of nitrogens with zero attached hydrogens (tertiary/aromatic N) is 2. The smallest absolute Gasteiger partial charge is 0.335 e. The van der Waals surface area contributed by atoms with Gasteiger partial charge >= 0.3 is 5.69 Å². The van der Waals surface area contributed by atoms with Gasteiger partial charge in [-0.15, -0.1) is 0 Å². The summed E-state index contributed by atoms with van der Waals surface area (Å²) in [5, 5.41) is 25.2. The first-order chi connectivity index (χ1) is 10.6. The maximum atomic E-state index is 12.6. The zero-order valence-corrected chi connectivity index (χ0v) is 13.0. The lowest BCUT2D eigenvalue weighted by Crippen LogP contribution is -2.47. The molecule has 0 atom stereocenters. The van der Waals surface area contributed by atoms with Gasteiger partial charge in [0.2, 0.25) is 0 Å². The molecular formula is C16H11BrN2O3. The standard InChI is InChI=1S/C16H11BrN2O3/c17-10-14-15(16(20)11-6-2-1-3-7-11)19(22)13-9-5-4-8-12(13)18(14)21/h1-9H,10H2. The summed E-state index contributed by atoms with van der Waals surface area (Å²) in [6.07, 6.45) is 0. The van der Waals surface area contributed by atoms with Crippen LogP contribution in [0.15, 0.2) is 54.6 Å². The molecule has 5 nitrogen and oxygen atoms in total. The Morgan fingerprint density at radius 3 is 2.05 bits per heavy atom. The number of alkyl halides is 1. The molecule has 0 N–H and O–H groups in total. The van der Waals surface area contributed by atoms with Crippen LogP contribution in [0.4, 0.5) is 0 Å². The largest absolute Gasteiger partial charge is 0.618 e. The summed E-state index contributed by atoms with van der Waals surface area (Å²) in [5.41, 5.74) is 0.710. The van der Waals surface area contributed by atoms with Gasteiger partial charge in [-0.1, -0.05) is 58.4 Å². The minimum Gasteiger partial charge on any atom is -0.618 e. The molecule has 0 fully saturated rings. The van der Waals surface area contributed by atoms with E-state index in [9.17, 15) is 15.2 Å². The van der Waals surface area contributed by atoms with E-state index in [1.165, 1.54) is 6.07 Å². The van der Waals surface area contributed by atoms with Crippen molar-refractivity contribution in [3.05, 3.63) is 82.0 Å². The summed E-state index contributed by atoms with van der Waals surface area (Å²) in [6.45, 7) is 0. The summed E-state index contributed by atoms with van der Waals surface area (Å²) in [6, 6.07) is 14.8. The average molecular weight is 359 g/mol. The molecule has 0 aliphatic rings. The molecule has 0 radical (unpaired) electrons. The van der Waals surface area contributed by atoms with Crippen molar-refractivity contribution >= 4 is 32.7 Å². The van der Waals surface area contributed by atoms with Crippen molar-refractivity contribution in [2.75, 3.05) is 0 Å². The molecule has 0 aliphatic heterocycles. The van der Waals surface area contributed by atoms with Crippen molar-refractivity contribution in [1.82, 2.24) is 0 Å². The monoisotopic (exact) mass is 358 g/mol. The van der Waals surface area contributed by atoms with Crippen LogP contribution in [0.25, 0.3) is 11.0 Å². The first kappa shape index (κ1) is 14.5. The third-order valence-corrected chi connectivity index (χ3v) is 3.95. The quantitative estimate of drug-likeness (QED) is 0.312. The van der Waals surface area contributed by atoms with Crippen molar-refractivity contribution in [2.24, 2.45) is 0 Å². The Labute approximate surface area is 134 Å². The van der Waals surface area contributed by atoms with Gasteiger partial charge in [0.25, 0.3) is 22.5 Å². The Kier molecular flexibility index (Phi) is 3.77. The van der Waals surface area contributed by atoms with Gasteiger partial charge in [-0.3, -0.25) is 4.79 Å². The molecule has 0 aliphatic carbocycles. The summed E-state index contributed by atoms with van der Waals surface area (Å²) >= 11 is 3.19. The maximum Gasteiger partial charge on any atom is 0.335 e. The maximum absolute atomic E-state index is 12.6. The number of benzene rings is 2. The second kappa shape index (κ2) is 5.73. The highest BCUT2D eigenvalue weighted by Crippen LogP contribution is 2.15. The molecule has 110 valence electrons. The van der Waals surface area contributed by atoms with E-state index in [0.29, 0.717) is 15.0 Å². The molecule has 0 saturated heterocycles. The fraction of sp³-hybridized carbons (Fsp3) is 0.0625. The lowest BCUT2D eigenvalue weighted by molar-refractivity contribution is -0.635. The highest BCUT2D eigenvalue weighted by atomic mass is 79.9. The van der Waals surface area contributed by atoms with Crippen LogP contribution >= 0.6 is 15.9 Å². The van der Waals surface area contributed by atoms with Crippen molar-refractivity contribution in [3.63, 3.8) is 0 Å². The lowest BCUT2D eigenvalue weighted by atomic mass is 10.1. The summed E-state index contributed by atoms with van der Waals surface area (Å²) in [4.78, 5) is 12.6. The molecule has 0 spiro atoms. The zero-order chi connectivity index (χ0) is 15.7. The van der Waals surface area contributed by atoms with Crippen LogP contribution in [-0.2, 0) is 5.33 Å². The minimum absolute atomic E-state index is 0.0996. The van der Waals surface area contributed by atoms with E-state index in [1.807, 2.05) is 0 Å². The minimum atomic E-state index is -0.472. The first-order valence-electron chi connectivity index (χ1n) is 6.57. The van der Waals surface area contributed by atoms with Gasteiger partial charge in [0.1, 0.15) is 0 Å². The van der Waals surface area contributed by atoms with Crippen LogP contribution in [0.1, 0.15) is 21.7 Å². The van der Waals surface area contributed by atoms with E-state index in [0.717, 1.165) is 0 Å². The van der Waals surface area contributed by atoms with Crippen LogP contribution in [0, 0.1) is 10.4 Å². The molecule has 1 aromatic heterocycles. The number of halogens is 1. The average Bonchev–Trinajstić information content (AvgIpc) is 2.58. The molecule has 1 heterocycles. The first-order valence-corrected chi connectivity index (χ1v) is 7.69. The number of ketones is 1. The number of carbonyl (C=O) groups excluding carboxylic acids is 1. The van der Waals surface area contributed by atoms with E-state index in [-0.39, 0.29) is 27.8 Å². The normalized spacial score (nSPS) is 10.8. The number of hydrogen-bond donors (Lipinski definition) is 0. The van der Waals surface area contributed by atoms with Crippen LogP contribution in [0.3, 0.4) is 0 Å². The predicted molar refractivity (Wildman–Crippen MR) is 84.4 cm³/mol. The summed E-state index contributed by atoms with van der Waals surface area (Å²) in [7, 11) is 0. The lowest BCUT2D eigenvalue weighted by Gasteiger charge is -2.11. The molecule has 0 bridgehead atoms. The number of para-hydroxylation sites is 2. The second-order valence-corrected chi connectivity index (χ2v) is 5.26. The molecule has 0 saturated carbocycles. The number of fused-ring (bicyclic) bond motifs is 1. The molecule has 3 rings (SSSR count). The predicted octanol–water partition coefficient (Wildman–Crippen LogP) is 2.23. The van der Waals surface area contributed by atoms with E-state index in [2.05, 4.69) is 15.9 Å². The van der Waals surface area contributed by atoms with Crippen molar-refractivity contribution < 1.29 is 14.3 Å². The van der Waals surface area contributed by atoms with Crippen LogP contribution < -0.4 is 9.46 Å². The van der Waals surface area contributed by atoms with E-state index in [4.69, 9.17) is 0 Å². The number of rotatable bonds is 3. The summed E-state index contributed by atoms with van der Waals surface area (Å²) < 4.78 is 1.17. The van der Waals surface area contributed by atoms with Crippen LogP contribution in [0.5, 0.6) is 0 Å². The Balaban J connectivity index is 2.34. The number of hydrogen-bond acceptors (Lipinski definition) is 3. The third-order valence-electron chi connectivity index (χ3n) is 3.42. The number of carbonyl (C=O) groups is 1. The van der Waals surface area contributed by atoms with Gasteiger partial charge in [-0.05, 0) is 0 Å². The Morgan fingerprint density at radius 1 is 0.909 bits per heavy atom.